The first kappa shape index (κ1) is 9.27. The fraction of sp³-hybridized carbons (Fsp3) is 0.500. The molecule has 1 N–H and O–H groups in total. The topological polar surface area (TPSA) is 51.5 Å². The Morgan fingerprint density at radius 2 is 2.43 bits per heavy atom. The highest BCUT2D eigenvalue weighted by Gasteiger charge is 2.22. The highest BCUT2D eigenvalue weighted by molar-refractivity contribution is 5.65. The highest BCUT2D eigenvalue weighted by Crippen LogP contribution is 2.22. The summed E-state index contributed by atoms with van der Waals surface area (Å²) in [5, 5.41) is 3.17. The van der Waals surface area contributed by atoms with Gasteiger partial charge in [0.15, 0.2) is 0 Å². The summed E-state index contributed by atoms with van der Waals surface area (Å²) in [6.45, 7) is 3.57. The van der Waals surface area contributed by atoms with Gasteiger partial charge in [0, 0.05) is 25.9 Å². The van der Waals surface area contributed by atoms with Crippen LogP contribution in [0, 0.1) is 0 Å². The number of esters is 1. The fourth-order valence-corrected chi connectivity index (χ4v) is 1.35. The third-order valence-corrected chi connectivity index (χ3v) is 2.28. The van der Waals surface area contributed by atoms with Crippen molar-refractivity contribution in [2.45, 2.75) is 19.4 Å². The summed E-state index contributed by atoms with van der Waals surface area (Å²) < 4.78 is 10.3. The Morgan fingerprint density at radius 1 is 1.64 bits per heavy atom. The molecule has 1 aromatic heterocycles. The van der Waals surface area contributed by atoms with Crippen LogP contribution in [0.2, 0.25) is 0 Å². The lowest BCUT2D eigenvalue weighted by Crippen LogP contribution is -2.39. The van der Waals surface area contributed by atoms with Crippen LogP contribution in [-0.4, -0.2) is 19.1 Å². The van der Waals surface area contributed by atoms with Gasteiger partial charge in [-0.3, -0.25) is 4.79 Å². The summed E-state index contributed by atoms with van der Waals surface area (Å²) in [5.41, 5.74) is 0. The molecule has 4 heteroatoms. The summed E-state index contributed by atoms with van der Waals surface area (Å²) >= 11 is 0. The molecule has 76 valence electrons. The molecule has 1 fully saturated rings. The van der Waals surface area contributed by atoms with Gasteiger partial charge in [-0.25, -0.2) is 0 Å². The molecule has 0 unspecified atom stereocenters. The molecule has 0 saturated carbocycles. The average Bonchev–Trinajstić information content (AvgIpc) is 2.46. The molecule has 2 heterocycles. The minimum atomic E-state index is -0.284. The van der Waals surface area contributed by atoms with E-state index in [1.807, 2.05) is 12.1 Å². The van der Waals surface area contributed by atoms with Crippen molar-refractivity contribution in [1.29, 1.82) is 0 Å². The average molecular weight is 195 g/mol. The van der Waals surface area contributed by atoms with Crippen molar-refractivity contribution in [2.24, 2.45) is 0 Å². The van der Waals surface area contributed by atoms with Gasteiger partial charge in [0.25, 0.3) is 0 Å². The molecule has 0 aromatic carbocycles. The summed E-state index contributed by atoms with van der Waals surface area (Å²) in [6.07, 6.45) is 0. The van der Waals surface area contributed by atoms with E-state index >= 15 is 0 Å². The molecule has 2 rings (SSSR count). The zero-order valence-corrected chi connectivity index (χ0v) is 8.08. The second-order valence-electron chi connectivity index (χ2n) is 3.44. The van der Waals surface area contributed by atoms with Crippen molar-refractivity contribution < 1.29 is 13.9 Å². The standard InChI is InChI=1S/C10H13NO3/c1-7(12)13-6-9-2-3-10(14-9)8-4-11-5-8/h2-3,8,11H,4-6H2,1H3. The van der Waals surface area contributed by atoms with Crippen LogP contribution in [0.1, 0.15) is 24.4 Å². The van der Waals surface area contributed by atoms with Crippen LogP contribution in [0.3, 0.4) is 0 Å². The molecular formula is C10H13NO3. The maximum Gasteiger partial charge on any atom is 0.303 e. The minimum absolute atomic E-state index is 0.232. The normalized spacial score (nSPS) is 16.4. The third-order valence-electron chi connectivity index (χ3n) is 2.28. The van der Waals surface area contributed by atoms with E-state index in [4.69, 9.17) is 9.15 Å². The quantitative estimate of drug-likeness (QED) is 0.732. The van der Waals surface area contributed by atoms with Crippen LogP contribution >= 0.6 is 0 Å². The summed E-state index contributed by atoms with van der Waals surface area (Å²) in [5.74, 6) is 1.89. The number of furan rings is 1. The number of rotatable bonds is 3. The van der Waals surface area contributed by atoms with E-state index in [9.17, 15) is 4.79 Å². The van der Waals surface area contributed by atoms with E-state index in [-0.39, 0.29) is 12.6 Å². The predicted molar refractivity (Wildman–Crippen MR) is 49.8 cm³/mol. The number of hydrogen-bond acceptors (Lipinski definition) is 4. The molecule has 4 nitrogen and oxygen atoms in total. The summed E-state index contributed by atoms with van der Waals surface area (Å²) in [7, 11) is 0. The molecule has 1 saturated heterocycles. The summed E-state index contributed by atoms with van der Waals surface area (Å²) in [6, 6.07) is 3.81. The van der Waals surface area contributed by atoms with Gasteiger partial charge in [-0.1, -0.05) is 0 Å². The van der Waals surface area contributed by atoms with E-state index in [0.29, 0.717) is 11.7 Å². The first-order valence-corrected chi connectivity index (χ1v) is 4.68. The number of carbonyl (C=O) groups excluding carboxylic acids is 1. The smallest absolute Gasteiger partial charge is 0.303 e. The molecule has 1 aliphatic rings. The lowest BCUT2D eigenvalue weighted by atomic mass is 10.0. The monoisotopic (exact) mass is 195 g/mol. The van der Waals surface area contributed by atoms with E-state index in [1.54, 1.807) is 0 Å². The van der Waals surface area contributed by atoms with Crippen LogP contribution in [0.5, 0.6) is 0 Å². The van der Waals surface area contributed by atoms with E-state index in [1.165, 1.54) is 6.92 Å². The maximum atomic E-state index is 10.6. The van der Waals surface area contributed by atoms with Crippen molar-refractivity contribution in [3.63, 3.8) is 0 Å². The zero-order valence-electron chi connectivity index (χ0n) is 8.08. The molecule has 0 spiro atoms. The molecule has 0 radical (unpaired) electrons. The fourth-order valence-electron chi connectivity index (χ4n) is 1.35. The lowest BCUT2D eigenvalue weighted by Gasteiger charge is -2.24. The Labute approximate surface area is 82.2 Å². The second kappa shape index (κ2) is 3.84. The first-order chi connectivity index (χ1) is 6.75. The Morgan fingerprint density at radius 3 is 3.00 bits per heavy atom. The maximum absolute atomic E-state index is 10.6. The molecule has 1 aliphatic heterocycles. The SMILES string of the molecule is CC(=O)OCc1ccc(C2CNC2)o1. The second-order valence-corrected chi connectivity index (χ2v) is 3.44. The van der Waals surface area contributed by atoms with Crippen molar-refractivity contribution >= 4 is 5.97 Å². The van der Waals surface area contributed by atoms with E-state index < -0.39 is 0 Å². The van der Waals surface area contributed by atoms with Crippen LogP contribution in [0.15, 0.2) is 16.5 Å². The van der Waals surface area contributed by atoms with Gasteiger partial charge >= 0.3 is 5.97 Å². The van der Waals surface area contributed by atoms with Crippen molar-refractivity contribution in [1.82, 2.24) is 5.32 Å². The lowest BCUT2D eigenvalue weighted by molar-refractivity contribution is -0.142. The number of hydrogen-bond donors (Lipinski definition) is 1. The van der Waals surface area contributed by atoms with Gasteiger partial charge < -0.3 is 14.5 Å². The molecular weight excluding hydrogens is 182 g/mol. The van der Waals surface area contributed by atoms with E-state index in [0.717, 1.165) is 18.8 Å². The van der Waals surface area contributed by atoms with Crippen LogP contribution in [-0.2, 0) is 16.1 Å². The van der Waals surface area contributed by atoms with Gasteiger partial charge in [-0.15, -0.1) is 0 Å². The van der Waals surface area contributed by atoms with Crippen molar-refractivity contribution in [3.8, 4) is 0 Å². The molecule has 14 heavy (non-hydrogen) atoms. The number of carbonyl (C=O) groups is 1. The first-order valence-electron chi connectivity index (χ1n) is 4.68. The van der Waals surface area contributed by atoms with Gasteiger partial charge in [-0.2, -0.15) is 0 Å². The molecule has 0 bridgehead atoms. The van der Waals surface area contributed by atoms with Gasteiger partial charge in [0.1, 0.15) is 18.1 Å². The highest BCUT2D eigenvalue weighted by atomic mass is 16.5. The Bertz CT molecular complexity index is 328. The van der Waals surface area contributed by atoms with E-state index in [2.05, 4.69) is 5.32 Å². The van der Waals surface area contributed by atoms with Crippen LogP contribution < -0.4 is 5.32 Å². The largest absolute Gasteiger partial charge is 0.462 e. The minimum Gasteiger partial charge on any atom is -0.462 e. The number of nitrogens with one attached hydrogen (secondary N) is 1. The molecule has 1 aromatic rings. The molecule has 0 atom stereocenters. The Kier molecular flexibility index (Phi) is 2.54. The number of ether oxygens (including phenoxy) is 1. The molecule has 0 amide bonds. The van der Waals surface area contributed by atoms with Crippen LogP contribution in [0.25, 0.3) is 0 Å². The molecule has 0 aliphatic carbocycles. The third kappa shape index (κ3) is 1.96. The van der Waals surface area contributed by atoms with Crippen molar-refractivity contribution in [3.05, 3.63) is 23.7 Å². The predicted octanol–water partition coefficient (Wildman–Crippen LogP) is 1.03. The zero-order chi connectivity index (χ0) is 9.97. The van der Waals surface area contributed by atoms with Gasteiger partial charge in [0.05, 0.1) is 0 Å². The summed E-state index contributed by atoms with van der Waals surface area (Å²) in [4.78, 5) is 10.6. The van der Waals surface area contributed by atoms with Gasteiger partial charge in [0.2, 0.25) is 0 Å². The van der Waals surface area contributed by atoms with Crippen molar-refractivity contribution in [2.75, 3.05) is 13.1 Å². The van der Waals surface area contributed by atoms with Crippen LogP contribution in [0.4, 0.5) is 0 Å². The van der Waals surface area contributed by atoms with Gasteiger partial charge in [-0.05, 0) is 12.1 Å². The Hall–Kier alpha value is -1.29. The Balaban J connectivity index is 1.92.